The molecule has 15 heavy (non-hydrogen) atoms. The fourth-order valence-electron chi connectivity index (χ4n) is 2.70. The van der Waals surface area contributed by atoms with Crippen LogP contribution >= 0.6 is 0 Å². The van der Waals surface area contributed by atoms with E-state index in [0.29, 0.717) is 5.92 Å². The molecule has 2 rings (SSSR count). The first-order valence-corrected chi connectivity index (χ1v) is 5.86. The van der Waals surface area contributed by atoms with E-state index in [-0.39, 0.29) is 0 Å². The Kier molecular flexibility index (Phi) is 3.27. The molecule has 2 nitrogen and oxygen atoms in total. The highest BCUT2D eigenvalue weighted by Crippen LogP contribution is 2.38. The van der Waals surface area contributed by atoms with Crippen LogP contribution in [0.3, 0.4) is 0 Å². The molecule has 0 bridgehead atoms. The van der Waals surface area contributed by atoms with Crippen molar-refractivity contribution in [2.24, 2.45) is 5.73 Å². The number of hydrogen-bond acceptors (Lipinski definition) is 2. The van der Waals surface area contributed by atoms with Gasteiger partial charge < -0.3 is 11.1 Å². The van der Waals surface area contributed by atoms with Gasteiger partial charge in [0.1, 0.15) is 0 Å². The Morgan fingerprint density at radius 2 is 2.33 bits per heavy atom. The van der Waals surface area contributed by atoms with Crippen LogP contribution in [-0.2, 0) is 6.42 Å². The molecule has 0 amide bonds. The second-order valence-electron chi connectivity index (χ2n) is 4.29. The van der Waals surface area contributed by atoms with Crippen molar-refractivity contribution in [1.29, 1.82) is 0 Å². The molecule has 0 fully saturated rings. The van der Waals surface area contributed by atoms with E-state index in [1.807, 2.05) is 7.05 Å². The van der Waals surface area contributed by atoms with Gasteiger partial charge in [0.25, 0.3) is 0 Å². The Bertz CT molecular complexity index is 319. The summed E-state index contributed by atoms with van der Waals surface area (Å²) in [5.74, 6) is 0.669. The van der Waals surface area contributed by atoms with E-state index in [2.05, 4.69) is 23.5 Å². The summed E-state index contributed by atoms with van der Waals surface area (Å²) in [6.45, 7) is 0.794. The maximum atomic E-state index is 5.69. The van der Waals surface area contributed by atoms with Crippen molar-refractivity contribution < 1.29 is 0 Å². The smallest absolute Gasteiger partial charge is 0.0375 e. The molecule has 0 aromatic heterocycles. The van der Waals surface area contributed by atoms with Crippen LogP contribution in [0, 0.1) is 0 Å². The number of nitrogens with one attached hydrogen (secondary N) is 1. The van der Waals surface area contributed by atoms with Crippen LogP contribution in [0.2, 0.25) is 0 Å². The van der Waals surface area contributed by atoms with Crippen LogP contribution < -0.4 is 11.1 Å². The SMILES string of the molecule is CNc1cccc2c1C(CCN)CCC2. The fraction of sp³-hybridized carbons (Fsp3) is 0.538. The Labute approximate surface area is 91.9 Å². The number of nitrogens with two attached hydrogens (primary N) is 1. The summed E-state index contributed by atoms with van der Waals surface area (Å²) in [4.78, 5) is 0. The third-order valence-corrected chi connectivity index (χ3v) is 3.39. The number of benzene rings is 1. The van der Waals surface area contributed by atoms with Crippen LogP contribution in [0.5, 0.6) is 0 Å². The number of rotatable bonds is 3. The van der Waals surface area contributed by atoms with Gasteiger partial charge in [-0.1, -0.05) is 12.1 Å². The second kappa shape index (κ2) is 4.67. The number of anilines is 1. The molecule has 1 aliphatic carbocycles. The van der Waals surface area contributed by atoms with Crippen molar-refractivity contribution in [3.63, 3.8) is 0 Å². The van der Waals surface area contributed by atoms with E-state index < -0.39 is 0 Å². The van der Waals surface area contributed by atoms with Crippen molar-refractivity contribution >= 4 is 5.69 Å². The zero-order chi connectivity index (χ0) is 10.7. The molecule has 1 aromatic rings. The van der Waals surface area contributed by atoms with Gasteiger partial charge >= 0.3 is 0 Å². The molecule has 0 radical (unpaired) electrons. The van der Waals surface area contributed by atoms with Gasteiger partial charge in [0.15, 0.2) is 0 Å². The lowest BCUT2D eigenvalue weighted by atomic mass is 9.80. The molecular weight excluding hydrogens is 184 g/mol. The Balaban J connectivity index is 2.38. The Morgan fingerprint density at radius 3 is 3.07 bits per heavy atom. The highest BCUT2D eigenvalue weighted by atomic mass is 14.8. The lowest BCUT2D eigenvalue weighted by molar-refractivity contribution is 0.527. The normalized spacial score (nSPS) is 19.7. The van der Waals surface area contributed by atoms with E-state index in [4.69, 9.17) is 5.73 Å². The van der Waals surface area contributed by atoms with Gasteiger partial charge in [-0.25, -0.2) is 0 Å². The summed E-state index contributed by atoms with van der Waals surface area (Å²) >= 11 is 0. The average Bonchev–Trinajstić information content (AvgIpc) is 2.29. The molecule has 0 aliphatic heterocycles. The third-order valence-electron chi connectivity index (χ3n) is 3.39. The molecule has 82 valence electrons. The summed E-state index contributed by atoms with van der Waals surface area (Å²) in [6, 6.07) is 6.59. The van der Waals surface area contributed by atoms with Crippen LogP contribution in [0.4, 0.5) is 5.69 Å². The average molecular weight is 204 g/mol. The molecule has 0 saturated heterocycles. The monoisotopic (exact) mass is 204 g/mol. The predicted molar refractivity (Wildman–Crippen MR) is 65.3 cm³/mol. The van der Waals surface area contributed by atoms with Gasteiger partial charge in [-0.3, -0.25) is 0 Å². The van der Waals surface area contributed by atoms with Crippen molar-refractivity contribution in [3.8, 4) is 0 Å². The summed E-state index contributed by atoms with van der Waals surface area (Å²) in [5, 5.41) is 3.30. The molecule has 0 heterocycles. The zero-order valence-corrected chi connectivity index (χ0v) is 9.42. The second-order valence-corrected chi connectivity index (χ2v) is 4.29. The van der Waals surface area contributed by atoms with Gasteiger partial charge in [0.05, 0.1) is 0 Å². The van der Waals surface area contributed by atoms with Crippen LogP contribution in [0.25, 0.3) is 0 Å². The quantitative estimate of drug-likeness (QED) is 0.794. The van der Waals surface area contributed by atoms with Crippen LogP contribution in [0.15, 0.2) is 18.2 Å². The van der Waals surface area contributed by atoms with Gasteiger partial charge in [-0.2, -0.15) is 0 Å². The molecule has 1 unspecified atom stereocenters. The highest BCUT2D eigenvalue weighted by Gasteiger charge is 2.21. The molecule has 1 aliphatic rings. The third kappa shape index (κ3) is 2.00. The lowest BCUT2D eigenvalue weighted by Crippen LogP contribution is -2.15. The van der Waals surface area contributed by atoms with E-state index in [1.165, 1.54) is 36.1 Å². The van der Waals surface area contributed by atoms with E-state index >= 15 is 0 Å². The van der Waals surface area contributed by atoms with Crippen molar-refractivity contribution in [1.82, 2.24) is 0 Å². The van der Waals surface area contributed by atoms with Crippen molar-refractivity contribution in [2.45, 2.75) is 31.6 Å². The van der Waals surface area contributed by atoms with E-state index in [9.17, 15) is 0 Å². The minimum absolute atomic E-state index is 0.669. The zero-order valence-electron chi connectivity index (χ0n) is 9.42. The fourth-order valence-corrected chi connectivity index (χ4v) is 2.70. The first-order chi connectivity index (χ1) is 7.36. The summed E-state index contributed by atoms with van der Waals surface area (Å²) in [6.07, 6.45) is 4.95. The van der Waals surface area contributed by atoms with Gasteiger partial charge in [-0.05, 0) is 55.3 Å². The number of aryl methyl sites for hydroxylation is 1. The number of fused-ring (bicyclic) bond motifs is 1. The predicted octanol–water partition coefficient (Wildman–Crippen LogP) is 2.50. The summed E-state index contributed by atoms with van der Waals surface area (Å²) in [7, 11) is 2.00. The van der Waals surface area contributed by atoms with E-state index in [1.54, 1.807) is 0 Å². The molecule has 0 spiro atoms. The molecule has 3 N–H and O–H groups in total. The Morgan fingerprint density at radius 1 is 1.47 bits per heavy atom. The first kappa shape index (κ1) is 10.5. The topological polar surface area (TPSA) is 38.0 Å². The minimum Gasteiger partial charge on any atom is -0.388 e. The van der Waals surface area contributed by atoms with Gasteiger partial charge in [0, 0.05) is 12.7 Å². The van der Waals surface area contributed by atoms with Crippen LogP contribution in [0.1, 0.15) is 36.3 Å². The van der Waals surface area contributed by atoms with Crippen LogP contribution in [-0.4, -0.2) is 13.6 Å². The lowest BCUT2D eigenvalue weighted by Gasteiger charge is -2.27. The molecule has 1 aromatic carbocycles. The van der Waals surface area contributed by atoms with E-state index in [0.717, 1.165) is 13.0 Å². The summed E-state index contributed by atoms with van der Waals surface area (Å²) < 4.78 is 0. The standard InChI is InChI=1S/C13H20N2/c1-15-12-7-3-6-10-4-2-5-11(8-9-14)13(10)12/h3,6-7,11,15H,2,4-5,8-9,14H2,1H3. The van der Waals surface area contributed by atoms with Crippen molar-refractivity contribution in [2.75, 3.05) is 18.9 Å². The number of hydrogen-bond donors (Lipinski definition) is 2. The van der Waals surface area contributed by atoms with Gasteiger partial charge in [-0.15, -0.1) is 0 Å². The Hall–Kier alpha value is -1.02. The van der Waals surface area contributed by atoms with Crippen molar-refractivity contribution in [3.05, 3.63) is 29.3 Å². The molecule has 2 heteroatoms. The maximum absolute atomic E-state index is 5.69. The van der Waals surface area contributed by atoms with Gasteiger partial charge in [0.2, 0.25) is 0 Å². The molecule has 1 atom stereocenters. The highest BCUT2D eigenvalue weighted by molar-refractivity contribution is 5.57. The molecular formula is C13H20N2. The molecule has 0 saturated carbocycles. The maximum Gasteiger partial charge on any atom is 0.0375 e. The largest absolute Gasteiger partial charge is 0.388 e. The minimum atomic E-state index is 0.669. The summed E-state index contributed by atoms with van der Waals surface area (Å²) in [5.41, 5.74) is 10.0. The first-order valence-electron chi connectivity index (χ1n) is 5.86.